The molecular weight excluding hydrogens is 308 g/mol. The first-order valence-corrected chi connectivity index (χ1v) is 11.7. The highest BCUT2D eigenvalue weighted by Gasteiger charge is 2.68. The first kappa shape index (κ1) is 17.0. The van der Waals surface area contributed by atoms with Gasteiger partial charge in [-0.3, -0.25) is 0 Å². The van der Waals surface area contributed by atoms with Gasteiger partial charge in [-0.15, -0.1) is 0 Å². The van der Waals surface area contributed by atoms with Gasteiger partial charge in [-0.05, 0) is 55.2 Å². The van der Waals surface area contributed by atoms with Crippen molar-refractivity contribution in [3.63, 3.8) is 0 Å². The third-order valence-corrected chi connectivity index (χ3v) is 11.0. The zero-order valence-corrected chi connectivity index (χ0v) is 17.0. The van der Waals surface area contributed by atoms with Crippen LogP contribution in [0.1, 0.15) is 59.4 Å². The Balaban J connectivity index is 1.76. The smallest absolute Gasteiger partial charge is 0.0613 e. The van der Waals surface area contributed by atoms with Crippen LogP contribution in [0.2, 0.25) is 0 Å². The molecule has 24 heavy (non-hydrogen) atoms. The van der Waals surface area contributed by atoms with E-state index in [0.717, 1.165) is 52.4 Å². The molecule has 2 aliphatic carbocycles. The van der Waals surface area contributed by atoms with Gasteiger partial charge in [0.1, 0.15) is 10.5 Å². The molecule has 1 heterocycles. The number of benzene rings is 1. The van der Waals surface area contributed by atoms with Gasteiger partial charge in [-0.2, -0.15) is 0 Å². The van der Waals surface area contributed by atoms with Gasteiger partial charge in [0, 0.05) is 34.6 Å². The van der Waals surface area contributed by atoms with Crippen LogP contribution >= 0.6 is 0 Å². The van der Waals surface area contributed by atoms with E-state index in [1.54, 1.807) is 11.3 Å². The molecule has 1 heteroatoms. The molecule has 2 bridgehead atoms. The summed E-state index contributed by atoms with van der Waals surface area (Å²) in [5.41, 5.74) is 1.49. The second-order valence-electron chi connectivity index (χ2n) is 9.27. The van der Waals surface area contributed by atoms with Crippen molar-refractivity contribution in [2.75, 3.05) is 0 Å². The lowest BCUT2D eigenvalue weighted by atomic mass is 9.72. The lowest BCUT2D eigenvalue weighted by molar-refractivity contribution is 0.199. The van der Waals surface area contributed by atoms with Crippen molar-refractivity contribution in [3.8, 4) is 0 Å². The summed E-state index contributed by atoms with van der Waals surface area (Å²) in [4.78, 5) is 1.68. The predicted octanol–water partition coefficient (Wildman–Crippen LogP) is 5.95. The molecule has 1 aromatic carbocycles. The van der Waals surface area contributed by atoms with E-state index in [4.69, 9.17) is 0 Å². The highest BCUT2D eigenvalue weighted by atomic mass is 32.2. The molecule has 1 saturated heterocycles. The molecule has 0 amide bonds. The van der Waals surface area contributed by atoms with Crippen LogP contribution < -0.4 is 0 Å². The normalized spacial score (nSPS) is 40.7. The Bertz CT molecular complexity index is 544. The molecule has 3 fully saturated rings. The quantitative estimate of drug-likeness (QED) is 0.592. The predicted molar refractivity (Wildman–Crippen MR) is 107 cm³/mol. The fraction of sp³-hybridized carbons (Fsp3) is 0.739. The first-order chi connectivity index (χ1) is 11.5. The Morgan fingerprint density at radius 3 is 1.79 bits per heavy atom. The average Bonchev–Trinajstić information content (AvgIpc) is 3.24. The molecule has 0 aromatic heterocycles. The van der Waals surface area contributed by atoms with Crippen LogP contribution in [0.15, 0.2) is 29.2 Å². The zero-order valence-electron chi connectivity index (χ0n) is 16.2. The Kier molecular flexibility index (Phi) is 4.52. The maximum absolute atomic E-state index is 2.51. The largest absolute Gasteiger partial charge is 0.155 e. The second-order valence-corrected chi connectivity index (χ2v) is 11.6. The Labute approximate surface area is 152 Å². The van der Waals surface area contributed by atoms with Crippen molar-refractivity contribution in [1.29, 1.82) is 0 Å². The minimum absolute atomic E-state index is 0.453. The van der Waals surface area contributed by atoms with Crippen LogP contribution in [0.25, 0.3) is 0 Å². The summed E-state index contributed by atoms with van der Waals surface area (Å²) >= 11 is 0. The average molecular weight is 344 g/mol. The third kappa shape index (κ3) is 2.49. The molecule has 6 unspecified atom stereocenters. The van der Waals surface area contributed by atoms with Crippen molar-refractivity contribution in [3.05, 3.63) is 29.8 Å². The van der Waals surface area contributed by atoms with Crippen molar-refractivity contribution in [2.45, 2.75) is 75.7 Å². The molecule has 6 atom stereocenters. The van der Waals surface area contributed by atoms with E-state index in [-0.39, 0.29) is 0 Å². The highest BCUT2D eigenvalue weighted by molar-refractivity contribution is 7.98. The topological polar surface area (TPSA) is 0 Å². The summed E-state index contributed by atoms with van der Waals surface area (Å²) in [6, 6.07) is 9.80. The molecule has 4 rings (SSSR count). The van der Waals surface area contributed by atoms with Gasteiger partial charge < -0.3 is 0 Å². The Morgan fingerprint density at radius 1 is 0.875 bits per heavy atom. The molecule has 1 aliphatic heterocycles. The van der Waals surface area contributed by atoms with Crippen LogP contribution in [-0.4, -0.2) is 10.5 Å². The maximum atomic E-state index is 2.51. The fourth-order valence-electron chi connectivity index (χ4n) is 6.55. The van der Waals surface area contributed by atoms with Crippen LogP contribution in [0.3, 0.4) is 0 Å². The van der Waals surface area contributed by atoms with E-state index in [1.807, 2.05) is 0 Å². The Hall–Kier alpha value is -0.430. The van der Waals surface area contributed by atoms with Gasteiger partial charge in [0.25, 0.3) is 0 Å². The molecule has 3 aliphatic rings. The lowest BCUT2D eigenvalue weighted by Crippen LogP contribution is -2.34. The molecular formula is C23H35S+. The number of rotatable bonds is 4. The van der Waals surface area contributed by atoms with Gasteiger partial charge >= 0.3 is 0 Å². The zero-order chi connectivity index (χ0) is 17.0. The van der Waals surface area contributed by atoms with E-state index >= 15 is 0 Å². The van der Waals surface area contributed by atoms with Crippen LogP contribution in [0.5, 0.6) is 0 Å². The van der Waals surface area contributed by atoms with E-state index in [0.29, 0.717) is 10.9 Å². The Morgan fingerprint density at radius 2 is 1.38 bits per heavy atom. The minimum Gasteiger partial charge on any atom is -0.0613 e. The standard InChI is InChI=1S/C23H35S/c1-6-16-7-11-19(12-8-16)24-22(14(2)3)20-17-9-10-18(13-17)21(20)23(24)15(4)5/h7-8,11-12,14-15,17-18,20-23H,6,9-10,13H2,1-5H3/q+1. The van der Waals surface area contributed by atoms with Gasteiger partial charge in [0.05, 0.1) is 0 Å². The van der Waals surface area contributed by atoms with Crippen molar-refractivity contribution in [2.24, 2.45) is 35.5 Å². The molecule has 2 saturated carbocycles. The third-order valence-electron chi connectivity index (χ3n) is 7.31. The first-order valence-electron chi connectivity index (χ1n) is 10.3. The summed E-state index contributed by atoms with van der Waals surface area (Å²) in [5, 5.41) is 1.87. The van der Waals surface area contributed by atoms with Gasteiger partial charge in [0.15, 0.2) is 4.90 Å². The molecule has 0 radical (unpaired) electrons. The van der Waals surface area contributed by atoms with Gasteiger partial charge in [-0.1, -0.05) is 46.8 Å². The highest BCUT2D eigenvalue weighted by Crippen LogP contribution is 2.64. The lowest BCUT2D eigenvalue weighted by Gasteiger charge is -2.28. The van der Waals surface area contributed by atoms with Crippen LogP contribution in [0, 0.1) is 35.5 Å². The van der Waals surface area contributed by atoms with Gasteiger partial charge in [0.2, 0.25) is 0 Å². The van der Waals surface area contributed by atoms with E-state index < -0.39 is 0 Å². The summed E-state index contributed by atoms with van der Waals surface area (Å²) in [6.45, 7) is 12.3. The monoisotopic (exact) mass is 343 g/mol. The van der Waals surface area contributed by atoms with Crippen molar-refractivity contribution in [1.82, 2.24) is 0 Å². The second kappa shape index (κ2) is 6.38. The summed E-state index contributed by atoms with van der Waals surface area (Å²) in [5.74, 6) is 5.84. The summed E-state index contributed by atoms with van der Waals surface area (Å²) < 4.78 is 0. The minimum atomic E-state index is 0.453. The SMILES string of the molecule is CCc1ccc([S+]2C(C(C)C)C3C4CCC(C4)C3C2C(C)C)cc1. The maximum Gasteiger partial charge on any atom is 0.155 e. The molecule has 0 nitrogen and oxygen atoms in total. The number of fused-ring (bicyclic) bond motifs is 5. The number of hydrogen-bond acceptors (Lipinski definition) is 0. The van der Waals surface area contributed by atoms with E-state index in [2.05, 4.69) is 58.9 Å². The van der Waals surface area contributed by atoms with Crippen LogP contribution in [0.4, 0.5) is 0 Å². The molecule has 1 aromatic rings. The number of hydrogen-bond donors (Lipinski definition) is 0. The number of aryl methyl sites for hydroxylation is 1. The molecule has 132 valence electrons. The van der Waals surface area contributed by atoms with Gasteiger partial charge in [-0.25, -0.2) is 0 Å². The summed E-state index contributed by atoms with van der Waals surface area (Å²) in [6.07, 6.45) is 5.79. The fourth-order valence-corrected chi connectivity index (χ4v) is 10.6. The van der Waals surface area contributed by atoms with Crippen molar-refractivity contribution < 1.29 is 0 Å². The van der Waals surface area contributed by atoms with E-state index in [9.17, 15) is 0 Å². The van der Waals surface area contributed by atoms with Crippen molar-refractivity contribution >= 4 is 10.9 Å². The van der Waals surface area contributed by atoms with E-state index in [1.165, 1.54) is 18.4 Å². The van der Waals surface area contributed by atoms with Crippen LogP contribution in [-0.2, 0) is 17.3 Å². The molecule has 0 N–H and O–H groups in total. The summed E-state index contributed by atoms with van der Waals surface area (Å²) in [7, 11) is 0.453. The molecule has 0 spiro atoms.